The van der Waals surface area contributed by atoms with Crippen molar-refractivity contribution >= 4 is 23.8 Å². The largest absolute Gasteiger partial charge is 0.496 e. The van der Waals surface area contributed by atoms with E-state index in [1.807, 2.05) is 0 Å². The van der Waals surface area contributed by atoms with Crippen LogP contribution >= 0.6 is 0 Å². The maximum atomic E-state index is 12.8. The molecule has 0 aliphatic carbocycles. The van der Waals surface area contributed by atoms with Crippen LogP contribution in [0.2, 0.25) is 0 Å². The number of benzene rings is 1. The molecule has 9 heteroatoms. The third-order valence-corrected chi connectivity index (χ3v) is 4.36. The van der Waals surface area contributed by atoms with E-state index in [0.29, 0.717) is 22.4 Å². The maximum Gasteiger partial charge on any atom is 0.404 e. The fourth-order valence-electron chi connectivity index (χ4n) is 3.21. The van der Waals surface area contributed by atoms with Crippen molar-refractivity contribution in [2.45, 2.75) is 32.0 Å². The zero-order chi connectivity index (χ0) is 18.1. The van der Waals surface area contributed by atoms with Crippen LogP contribution in [0.1, 0.15) is 34.3 Å². The SMILES string of the molecule is COc1c(CNC(=O)O)ccc2c1C(=O)N(C1CCC(=O)NC1=O)C2. The first-order chi connectivity index (χ1) is 11.9. The summed E-state index contributed by atoms with van der Waals surface area (Å²) in [5.74, 6) is -0.890. The molecule has 0 aromatic heterocycles. The monoisotopic (exact) mass is 347 g/mol. The van der Waals surface area contributed by atoms with Crippen molar-refractivity contribution in [3.05, 3.63) is 28.8 Å². The summed E-state index contributed by atoms with van der Waals surface area (Å²) in [5, 5.41) is 13.2. The van der Waals surface area contributed by atoms with Gasteiger partial charge in [-0.25, -0.2) is 4.79 Å². The standard InChI is InChI=1S/C16H17N3O6/c1-25-13-8(6-17-16(23)24)2-3-9-7-19(15(22)12(9)13)10-4-5-11(20)18-14(10)21/h2-3,10,17H,4-7H2,1H3,(H,23,24)(H,18,20,21). The van der Waals surface area contributed by atoms with Crippen molar-refractivity contribution < 1.29 is 29.0 Å². The number of carbonyl (C=O) groups is 4. The topological polar surface area (TPSA) is 125 Å². The van der Waals surface area contributed by atoms with Gasteiger partial charge in [0.15, 0.2) is 0 Å². The summed E-state index contributed by atoms with van der Waals surface area (Å²) >= 11 is 0. The highest BCUT2D eigenvalue weighted by molar-refractivity contribution is 6.06. The van der Waals surface area contributed by atoms with E-state index in [9.17, 15) is 19.2 Å². The van der Waals surface area contributed by atoms with Crippen molar-refractivity contribution in [3.63, 3.8) is 0 Å². The molecule has 9 nitrogen and oxygen atoms in total. The Labute approximate surface area is 142 Å². The molecule has 25 heavy (non-hydrogen) atoms. The van der Waals surface area contributed by atoms with Gasteiger partial charge in [0.1, 0.15) is 11.8 Å². The van der Waals surface area contributed by atoms with Gasteiger partial charge in [0.05, 0.1) is 12.7 Å². The molecule has 1 fully saturated rings. The number of rotatable bonds is 4. The number of amides is 4. The Morgan fingerprint density at radius 3 is 2.80 bits per heavy atom. The first kappa shape index (κ1) is 16.7. The van der Waals surface area contributed by atoms with Gasteiger partial charge in [-0.2, -0.15) is 0 Å². The summed E-state index contributed by atoms with van der Waals surface area (Å²) in [6, 6.07) is 2.71. The van der Waals surface area contributed by atoms with Crippen molar-refractivity contribution in [3.8, 4) is 5.75 Å². The highest BCUT2D eigenvalue weighted by atomic mass is 16.5. The lowest BCUT2D eigenvalue weighted by Gasteiger charge is -2.29. The number of carbonyl (C=O) groups excluding carboxylic acids is 3. The van der Waals surface area contributed by atoms with Crippen molar-refractivity contribution in [1.29, 1.82) is 0 Å². The Kier molecular flexibility index (Phi) is 4.30. The Morgan fingerprint density at radius 1 is 1.40 bits per heavy atom. The summed E-state index contributed by atoms with van der Waals surface area (Å²) in [4.78, 5) is 48.3. The fraction of sp³-hybridized carbons (Fsp3) is 0.375. The Hall–Kier alpha value is -3.10. The van der Waals surface area contributed by atoms with E-state index in [2.05, 4.69) is 10.6 Å². The highest BCUT2D eigenvalue weighted by Gasteiger charge is 2.40. The Balaban J connectivity index is 1.89. The van der Waals surface area contributed by atoms with Crippen LogP contribution in [0.5, 0.6) is 5.75 Å². The predicted octanol–water partition coefficient (Wildman–Crippen LogP) is 0.224. The zero-order valence-corrected chi connectivity index (χ0v) is 13.5. The maximum absolute atomic E-state index is 12.8. The van der Waals surface area contributed by atoms with Crippen LogP contribution in [0.3, 0.4) is 0 Å². The molecule has 1 saturated heterocycles. The molecule has 4 amide bonds. The van der Waals surface area contributed by atoms with Crippen LogP contribution in [0.25, 0.3) is 0 Å². The normalized spacial score (nSPS) is 19.5. The first-order valence-electron chi connectivity index (χ1n) is 7.72. The van der Waals surface area contributed by atoms with Gasteiger partial charge in [-0.3, -0.25) is 19.7 Å². The minimum Gasteiger partial charge on any atom is -0.496 e. The number of carboxylic acid groups (broad SMARTS) is 1. The molecule has 0 bridgehead atoms. The van der Waals surface area contributed by atoms with E-state index < -0.39 is 18.0 Å². The minimum absolute atomic E-state index is 0.00250. The molecule has 1 unspecified atom stereocenters. The number of nitrogens with zero attached hydrogens (tertiary/aromatic N) is 1. The van der Waals surface area contributed by atoms with Crippen LogP contribution in [-0.2, 0) is 22.7 Å². The number of nitrogens with one attached hydrogen (secondary N) is 2. The molecule has 132 valence electrons. The number of methoxy groups -OCH3 is 1. The number of piperidine rings is 1. The van der Waals surface area contributed by atoms with Gasteiger partial charge in [-0.15, -0.1) is 0 Å². The Bertz CT molecular complexity index is 775. The van der Waals surface area contributed by atoms with Crippen molar-refractivity contribution in [2.24, 2.45) is 0 Å². The van der Waals surface area contributed by atoms with Crippen LogP contribution in [0, 0.1) is 0 Å². The number of hydrogen-bond acceptors (Lipinski definition) is 5. The molecule has 0 saturated carbocycles. The molecule has 1 aromatic rings. The fourth-order valence-corrected chi connectivity index (χ4v) is 3.21. The summed E-state index contributed by atoms with van der Waals surface area (Å²) in [5.41, 5.74) is 1.56. The van der Waals surface area contributed by atoms with Crippen molar-refractivity contribution in [1.82, 2.24) is 15.5 Å². The van der Waals surface area contributed by atoms with Crippen LogP contribution in [0.4, 0.5) is 4.79 Å². The van der Waals surface area contributed by atoms with Gasteiger partial charge < -0.3 is 20.1 Å². The van der Waals surface area contributed by atoms with E-state index in [1.165, 1.54) is 12.0 Å². The van der Waals surface area contributed by atoms with E-state index in [0.717, 1.165) is 0 Å². The van der Waals surface area contributed by atoms with Crippen LogP contribution in [0.15, 0.2) is 12.1 Å². The van der Waals surface area contributed by atoms with Gasteiger partial charge in [0, 0.05) is 25.1 Å². The summed E-state index contributed by atoms with van der Waals surface area (Å²) < 4.78 is 5.34. The second-order valence-corrected chi connectivity index (χ2v) is 5.85. The highest BCUT2D eigenvalue weighted by Crippen LogP contribution is 2.35. The van der Waals surface area contributed by atoms with E-state index in [-0.39, 0.29) is 37.7 Å². The average Bonchev–Trinajstić information content (AvgIpc) is 2.89. The van der Waals surface area contributed by atoms with Gasteiger partial charge in [-0.1, -0.05) is 12.1 Å². The zero-order valence-electron chi connectivity index (χ0n) is 13.5. The van der Waals surface area contributed by atoms with Gasteiger partial charge in [-0.05, 0) is 12.0 Å². The number of ether oxygens (including phenoxy) is 1. The van der Waals surface area contributed by atoms with Gasteiger partial charge >= 0.3 is 6.09 Å². The number of hydrogen-bond donors (Lipinski definition) is 3. The second-order valence-electron chi connectivity index (χ2n) is 5.85. The number of fused-ring (bicyclic) bond motifs is 1. The molecule has 3 N–H and O–H groups in total. The second kappa shape index (κ2) is 6.42. The Morgan fingerprint density at radius 2 is 2.16 bits per heavy atom. The molecular weight excluding hydrogens is 330 g/mol. The molecule has 1 aromatic carbocycles. The van der Waals surface area contributed by atoms with Gasteiger partial charge in [0.2, 0.25) is 11.8 Å². The molecule has 2 aliphatic heterocycles. The first-order valence-corrected chi connectivity index (χ1v) is 7.72. The molecular formula is C16H17N3O6. The quantitative estimate of drug-likeness (QED) is 0.669. The van der Waals surface area contributed by atoms with Crippen LogP contribution in [-0.4, -0.2) is 47.0 Å². The lowest BCUT2D eigenvalue weighted by atomic mass is 10.0. The molecule has 3 rings (SSSR count). The van der Waals surface area contributed by atoms with Crippen LogP contribution < -0.4 is 15.4 Å². The smallest absolute Gasteiger partial charge is 0.404 e. The summed E-state index contributed by atoms with van der Waals surface area (Å²) in [6.07, 6.45) is -0.722. The summed E-state index contributed by atoms with van der Waals surface area (Å²) in [6.45, 7) is 0.237. The van der Waals surface area contributed by atoms with E-state index in [4.69, 9.17) is 9.84 Å². The predicted molar refractivity (Wildman–Crippen MR) is 83.9 cm³/mol. The summed E-state index contributed by atoms with van der Waals surface area (Å²) in [7, 11) is 1.40. The minimum atomic E-state index is -1.18. The van der Waals surface area contributed by atoms with E-state index in [1.54, 1.807) is 12.1 Å². The number of imide groups is 1. The third kappa shape index (κ3) is 3.00. The van der Waals surface area contributed by atoms with Crippen molar-refractivity contribution in [2.75, 3.05) is 7.11 Å². The average molecular weight is 347 g/mol. The molecule has 0 radical (unpaired) electrons. The van der Waals surface area contributed by atoms with Gasteiger partial charge in [0.25, 0.3) is 5.91 Å². The molecule has 2 aliphatic rings. The molecule has 1 atom stereocenters. The lowest BCUT2D eigenvalue weighted by molar-refractivity contribution is -0.136. The lowest BCUT2D eigenvalue weighted by Crippen LogP contribution is -2.52. The van der Waals surface area contributed by atoms with E-state index >= 15 is 0 Å². The molecule has 0 spiro atoms. The third-order valence-electron chi connectivity index (χ3n) is 4.36. The molecule has 2 heterocycles.